The first kappa shape index (κ1) is 18.2. The molecule has 0 aliphatic carbocycles. The number of azo groups is 1. The van der Waals surface area contributed by atoms with Crippen molar-refractivity contribution in [1.82, 2.24) is 0 Å². The Labute approximate surface area is 165 Å². The predicted molar refractivity (Wildman–Crippen MR) is 117 cm³/mol. The van der Waals surface area contributed by atoms with Crippen LogP contribution in [0.2, 0.25) is 0 Å². The summed E-state index contributed by atoms with van der Waals surface area (Å²) >= 11 is 0. The first-order valence-corrected chi connectivity index (χ1v) is 9.51. The van der Waals surface area contributed by atoms with Crippen LogP contribution in [0, 0.1) is 34.6 Å². The summed E-state index contributed by atoms with van der Waals surface area (Å²) in [6, 6.07) is 16.4. The molecule has 0 saturated carbocycles. The molecule has 4 rings (SSSR count). The van der Waals surface area contributed by atoms with Crippen LogP contribution in [0.4, 0.5) is 11.4 Å². The number of hydrogen-bond acceptors (Lipinski definition) is 3. The normalized spacial score (nSPS) is 11.8. The van der Waals surface area contributed by atoms with Crippen molar-refractivity contribution in [3.63, 3.8) is 0 Å². The minimum atomic E-state index is 0.191. The molecule has 3 heteroatoms. The van der Waals surface area contributed by atoms with E-state index in [2.05, 4.69) is 68.3 Å². The first-order chi connectivity index (χ1) is 13.4. The molecule has 0 aromatic heterocycles. The second kappa shape index (κ2) is 6.75. The first-order valence-electron chi connectivity index (χ1n) is 9.51. The molecule has 3 nitrogen and oxygen atoms in total. The van der Waals surface area contributed by atoms with Gasteiger partial charge in [0.2, 0.25) is 0 Å². The molecule has 0 unspecified atom stereocenters. The van der Waals surface area contributed by atoms with Gasteiger partial charge in [-0.15, -0.1) is 5.11 Å². The molecule has 0 saturated heterocycles. The van der Waals surface area contributed by atoms with E-state index in [1.165, 1.54) is 27.5 Å². The second-order valence-electron chi connectivity index (χ2n) is 7.57. The SMILES string of the molecule is Cc1cc2c(C)c(C)ccc2c(O)c1N=Nc1ccc2c(C)cccc2c1C. The number of phenolic OH excluding ortho intramolecular Hbond substituents is 1. The van der Waals surface area contributed by atoms with Gasteiger partial charge >= 0.3 is 0 Å². The van der Waals surface area contributed by atoms with E-state index in [-0.39, 0.29) is 5.75 Å². The van der Waals surface area contributed by atoms with Gasteiger partial charge in [-0.05, 0) is 90.7 Å². The molecule has 0 aliphatic heterocycles. The largest absolute Gasteiger partial charge is 0.505 e. The van der Waals surface area contributed by atoms with Crippen LogP contribution in [0.15, 0.2) is 58.8 Å². The van der Waals surface area contributed by atoms with Crippen LogP contribution in [0.25, 0.3) is 21.5 Å². The summed E-state index contributed by atoms with van der Waals surface area (Å²) < 4.78 is 0. The highest BCUT2D eigenvalue weighted by Gasteiger charge is 2.13. The minimum Gasteiger partial charge on any atom is -0.505 e. The fraction of sp³-hybridized carbons (Fsp3) is 0.200. The third kappa shape index (κ3) is 2.84. The van der Waals surface area contributed by atoms with Crippen LogP contribution >= 0.6 is 0 Å². The molecular weight excluding hydrogens is 344 g/mol. The van der Waals surface area contributed by atoms with Crippen molar-refractivity contribution >= 4 is 32.9 Å². The summed E-state index contributed by atoms with van der Waals surface area (Å²) in [5.41, 5.74) is 6.99. The van der Waals surface area contributed by atoms with E-state index < -0.39 is 0 Å². The summed E-state index contributed by atoms with van der Waals surface area (Å²) in [4.78, 5) is 0. The van der Waals surface area contributed by atoms with Crippen molar-refractivity contribution in [3.8, 4) is 5.75 Å². The van der Waals surface area contributed by atoms with Gasteiger partial charge in [-0.1, -0.05) is 36.4 Å². The van der Waals surface area contributed by atoms with Gasteiger partial charge in [-0.3, -0.25) is 0 Å². The zero-order valence-corrected chi connectivity index (χ0v) is 17.0. The van der Waals surface area contributed by atoms with E-state index in [1.807, 2.05) is 25.1 Å². The predicted octanol–water partition coefficient (Wildman–Crippen LogP) is 7.66. The minimum absolute atomic E-state index is 0.191. The molecule has 0 spiro atoms. The highest BCUT2D eigenvalue weighted by Crippen LogP contribution is 2.41. The van der Waals surface area contributed by atoms with Crippen molar-refractivity contribution in [2.75, 3.05) is 0 Å². The van der Waals surface area contributed by atoms with Crippen LogP contribution in [-0.4, -0.2) is 5.11 Å². The van der Waals surface area contributed by atoms with Gasteiger partial charge in [0.05, 0.1) is 5.69 Å². The van der Waals surface area contributed by atoms with Crippen LogP contribution in [0.3, 0.4) is 0 Å². The molecule has 0 fully saturated rings. The van der Waals surface area contributed by atoms with Crippen molar-refractivity contribution in [2.45, 2.75) is 34.6 Å². The number of aromatic hydroxyl groups is 1. The fourth-order valence-corrected chi connectivity index (χ4v) is 3.82. The van der Waals surface area contributed by atoms with Crippen LogP contribution in [0.5, 0.6) is 5.75 Å². The van der Waals surface area contributed by atoms with Gasteiger partial charge in [0.25, 0.3) is 0 Å². The summed E-state index contributed by atoms with van der Waals surface area (Å²) in [5, 5.41) is 24.1. The van der Waals surface area contributed by atoms with Crippen LogP contribution in [0.1, 0.15) is 27.8 Å². The molecule has 0 radical (unpaired) electrons. The zero-order chi connectivity index (χ0) is 20.0. The van der Waals surface area contributed by atoms with Crippen molar-refractivity contribution in [3.05, 3.63) is 76.3 Å². The van der Waals surface area contributed by atoms with Crippen LogP contribution in [-0.2, 0) is 0 Å². The van der Waals surface area contributed by atoms with E-state index in [0.717, 1.165) is 27.6 Å². The molecule has 0 amide bonds. The Morgan fingerprint density at radius 1 is 0.607 bits per heavy atom. The summed E-state index contributed by atoms with van der Waals surface area (Å²) in [7, 11) is 0. The average molecular weight is 368 g/mol. The number of hydrogen-bond donors (Lipinski definition) is 1. The molecule has 1 N–H and O–H groups in total. The van der Waals surface area contributed by atoms with Crippen molar-refractivity contribution in [1.29, 1.82) is 0 Å². The van der Waals surface area contributed by atoms with Gasteiger partial charge in [-0.2, -0.15) is 5.11 Å². The maximum atomic E-state index is 10.8. The van der Waals surface area contributed by atoms with Crippen LogP contribution < -0.4 is 0 Å². The molecule has 0 bridgehead atoms. The number of nitrogens with zero attached hydrogens (tertiary/aromatic N) is 2. The highest BCUT2D eigenvalue weighted by atomic mass is 16.3. The Morgan fingerprint density at radius 3 is 2.14 bits per heavy atom. The van der Waals surface area contributed by atoms with Crippen molar-refractivity contribution in [2.24, 2.45) is 10.2 Å². The summed E-state index contributed by atoms with van der Waals surface area (Å²) in [5.74, 6) is 0.191. The Morgan fingerprint density at radius 2 is 1.36 bits per heavy atom. The standard InChI is InChI=1S/C25H24N2O/c1-14-9-10-21-22(17(14)4)13-16(3)24(25(21)28)27-26-23-12-11-19-15(2)7-6-8-20(19)18(23)5/h6-13,28H,1-5H3. The monoisotopic (exact) mass is 368 g/mol. The molecule has 4 aromatic rings. The van der Waals surface area contributed by atoms with E-state index in [1.54, 1.807) is 0 Å². The molecule has 140 valence electrons. The Hall–Kier alpha value is -3.20. The zero-order valence-electron chi connectivity index (χ0n) is 17.0. The lowest BCUT2D eigenvalue weighted by molar-refractivity contribution is 0.482. The van der Waals surface area contributed by atoms with E-state index in [9.17, 15) is 5.11 Å². The quantitative estimate of drug-likeness (QED) is 0.363. The topological polar surface area (TPSA) is 45.0 Å². The third-order valence-electron chi connectivity index (χ3n) is 5.78. The number of rotatable bonds is 2. The Kier molecular flexibility index (Phi) is 4.38. The van der Waals surface area contributed by atoms with E-state index in [0.29, 0.717) is 5.69 Å². The number of benzene rings is 4. The number of phenols is 1. The van der Waals surface area contributed by atoms with Gasteiger partial charge in [0.1, 0.15) is 5.69 Å². The maximum Gasteiger partial charge on any atom is 0.151 e. The van der Waals surface area contributed by atoms with E-state index in [4.69, 9.17) is 0 Å². The highest BCUT2D eigenvalue weighted by molar-refractivity contribution is 5.96. The lowest BCUT2D eigenvalue weighted by Gasteiger charge is -2.11. The molecule has 4 aromatic carbocycles. The molecule has 28 heavy (non-hydrogen) atoms. The average Bonchev–Trinajstić information content (AvgIpc) is 2.67. The smallest absolute Gasteiger partial charge is 0.151 e. The molecular formula is C25H24N2O. The number of fused-ring (bicyclic) bond motifs is 2. The van der Waals surface area contributed by atoms with Gasteiger partial charge in [-0.25, -0.2) is 0 Å². The Balaban J connectivity index is 1.84. The van der Waals surface area contributed by atoms with Crippen molar-refractivity contribution < 1.29 is 5.11 Å². The van der Waals surface area contributed by atoms with Gasteiger partial charge < -0.3 is 5.11 Å². The molecule has 0 heterocycles. The van der Waals surface area contributed by atoms with Gasteiger partial charge in [0.15, 0.2) is 5.75 Å². The molecule has 0 atom stereocenters. The third-order valence-corrected chi connectivity index (χ3v) is 5.78. The fourth-order valence-electron chi connectivity index (χ4n) is 3.82. The maximum absolute atomic E-state index is 10.8. The lowest BCUT2D eigenvalue weighted by Crippen LogP contribution is -1.87. The number of aryl methyl sites for hydroxylation is 5. The van der Waals surface area contributed by atoms with Gasteiger partial charge in [0, 0.05) is 5.39 Å². The summed E-state index contributed by atoms with van der Waals surface area (Å²) in [6.07, 6.45) is 0. The lowest BCUT2D eigenvalue weighted by atomic mass is 9.97. The molecule has 0 aliphatic rings. The second-order valence-corrected chi connectivity index (χ2v) is 7.57. The summed E-state index contributed by atoms with van der Waals surface area (Å²) in [6.45, 7) is 10.3. The Bertz CT molecular complexity index is 1270. The van der Waals surface area contributed by atoms with E-state index >= 15 is 0 Å².